The quantitative estimate of drug-likeness (QED) is 0.911. The van der Waals surface area contributed by atoms with E-state index in [9.17, 15) is 4.79 Å². The maximum absolute atomic E-state index is 12.6. The number of hydrogen-bond donors (Lipinski definition) is 1. The van der Waals surface area contributed by atoms with Crippen LogP contribution in [0, 0.1) is 0 Å². The molecule has 0 aliphatic carbocycles. The zero-order valence-corrected chi connectivity index (χ0v) is 12.3. The van der Waals surface area contributed by atoms with Crippen molar-refractivity contribution in [2.24, 2.45) is 0 Å². The van der Waals surface area contributed by atoms with Gasteiger partial charge in [-0.05, 0) is 25.5 Å². The Morgan fingerprint density at radius 2 is 1.85 bits per heavy atom. The molecule has 1 aliphatic rings. The highest BCUT2D eigenvalue weighted by molar-refractivity contribution is 5.95. The molecule has 1 heterocycles. The van der Waals surface area contributed by atoms with Crippen LogP contribution in [0.3, 0.4) is 0 Å². The van der Waals surface area contributed by atoms with Crippen molar-refractivity contribution in [1.82, 2.24) is 10.2 Å². The zero-order valence-electron chi connectivity index (χ0n) is 12.3. The van der Waals surface area contributed by atoms with Gasteiger partial charge < -0.3 is 19.7 Å². The first kappa shape index (κ1) is 14.7. The molecule has 1 saturated heterocycles. The second-order valence-electron chi connectivity index (χ2n) is 5.04. The van der Waals surface area contributed by atoms with Gasteiger partial charge in [0.2, 0.25) is 0 Å². The molecule has 1 aromatic carbocycles. The van der Waals surface area contributed by atoms with Crippen molar-refractivity contribution in [2.45, 2.75) is 19.4 Å². The third-order valence-corrected chi connectivity index (χ3v) is 3.59. The van der Waals surface area contributed by atoms with E-state index in [0.717, 1.165) is 26.1 Å². The number of hydrogen-bond acceptors (Lipinski definition) is 4. The Kier molecular flexibility index (Phi) is 4.84. The molecule has 1 aliphatic heterocycles. The summed E-state index contributed by atoms with van der Waals surface area (Å²) in [4.78, 5) is 14.5. The van der Waals surface area contributed by atoms with Gasteiger partial charge in [-0.2, -0.15) is 0 Å². The molecular weight excluding hydrogens is 256 g/mol. The SMILES string of the molecule is COc1cc(OC)cc(C(=O)N2CCNC(C)CC2)c1. The van der Waals surface area contributed by atoms with E-state index in [-0.39, 0.29) is 5.91 Å². The molecule has 110 valence electrons. The molecule has 0 spiro atoms. The fourth-order valence-corrected chi connectivity index (χ4v) is 2.33. The van der Waals surface area contributed by atoms with Crippen molar-refractivity contribution in [2.75, 3.05) is 33.9 Å². The van der Waals surface area contributed by atoms with Gasteiger partial charge in [0.15, 0.2) is 0 Å². The van der Waals surface area contributed by atoms with Crippen molar-refractivity contribution in [3.63, 3.8) is 0 Å². The van der Waals surface area contributed by atoms with Gasteiger partial charge in [0.05, 0.1) is 14.2 Å². The monoisotopic (exact) mass is 278 g/mol. The number of nitrogens with one attached hydrogen (secondary N) is 1. The number of rotatable bonds is 3. The van der Waals surface area contributed by atoms with E-state index >= 15 is 0 Å². The van der Waals surface area contributed by atoms with E-state index in [0.29, 0.717) is 23.1 Å². The second-order valence-corrected chi connectivity index (χ2v) is 5.04. The van der Waals surface area contributed by atoms with Crippen LogP contribution in [0.5, 0.6) is 11.5 Å². The molecule has 1 aromatic rings. The molecule has 0 bridgehead atoms. The van der Waals surface area contributed by atoms with E-state index in [1.807, 2.05) is 4.90 Å². The number of amides is 1. The Labute approximate surface area is 119 Å². The van der Waals surface area contributed by atoms with Crippen LogP contribution in [0.1, 0.15) is 23.7 Å². The highest BCUT2D eigenvalue weighted by Crippen LogP contribution is 2.23. The second kappa shape index (κ2) is 6.61. The molecule has 0 radical (unpaired) electrons. The van der Waals surface area contributed by atoms with Crippen molar-refractivity contribution in [3.05, 3.63) is 23.8 Å². The Hall–Kier alpha value is -1.75. The first-order chi connectivity index (χ1) is 9.63. The molecule has 1 N–H and O–H groups in total. The predicted octanol–water partition coefficient (Wildman–Crippen LogP) is 1.53. The van der Waals surface area contributed by atoms with E-state index < -0.39 is 0 Å². The number of nitrogens with zero attached hydrogens (tertiary/aromatic N) is 1. The highest BCUT2D eigenvalue weighted by atomic mass is 16.5. The lowest BCUT2D eigenvalue weighted by Gasteiger charge is -2.20. The molecule has 5 heteroatoms. The van der Waals surface area contributed by atoms with Crippen LogP contribution in [-0.4, -0.2) is 50.7 Å². The molecule has 0 saturated carbocycles. The van der Waals surface area contributed by atoms with Crippen molar-refractivity contribution in [3.8, 4) is 11.5 Å². The van der Waals surface area contributed by atoms with Crippen molar-refractivity contribution >= 4 is 5.91 Å². The van der Waals surface area contributed by atoms with Gasteiger partial charge in [0, 0.05) is 37.3 Å². The lowest BCUT2D eigenvalue weighted by molar-refractivity contribution is 0.0765. The summed E-state index contributed by atoms with van der Waals surface area (Å²) < 4.78 is 10.4. The fraction of sp³-hybridized carbons (Fsp3) is 0.533. The predicted molar refractivity (Wildman–Crippen MR) is 77.5 cm³/mol. The zero-order chi connectivity index (χ0) is 14.5. The average Bonchev–Trinajstić information content (AvgIpc) is 2.70. The average molecular weight is 278 g/mol. The molecular formula is C15H22N2O3. The Bertz CT molecular complexity index is 454. The van der Waals surface area contributed by atoms with E-state index in [1.54, 1.807) is 32.4 Å². The molecule has 0 aromatic heterocycles. The summed E-state index contributed by atoms with van der Waals surface area (Å²) in [6, 6.07) is 5.73. The summed E-state index contributed by atoms with van der Waals surface area (Å²) in [5, 5.41) is 3.38. The van der Waals surface area contributed by atoms with Gasteiger partial charge in [-0.1, -0.05) is 0 Å². The lowest BCUT2D eigenvalue weighted by atomic mass is 10.1. The van der Waals surface area contributed by atoms with Crippen molar-refractivity contribution in [1.29, 1.82) is 0 Å². The highest BCUT2D eigenvalue weighted by Gasteiger charge is 2.20. The summed E-state index contributed by atoms with van der Waals surface area (Å²) in [5.41, 5.74) is 0.607. The minimum atomic E-state index is 0.0260. The van der Waals surface area contributed by atoms with Gasteiger partial charge in [-0.3, -0.25) is 4.79 Å². The molecule has 1 fully saturated rings. The lowest BCUT2D eigenvalue weighted by Crippen LogP contribution is -2.34. The summed E-state index contributed by atoms with van der Waals surface area (Å²) in [6.07, 6.45) is 0.965. The number of carbonyl (C=O) groups excluding carboxylic acids is 1. The van der Waals surface area contributed by atoms with Crippen molar-refractivity contribution < 1.29 is 14.3 Å². The number of carbonyl (C=O) groups is 1. The minimum Gasteiger partial charge on any atom is -0.497 e. The number of benzene rings is 1. The first-order valence-electron chi connectivity index (χ1n) is 6.89. The minimum absolute atomic E-state index is 0.0260. The van der Waals surface area contributed by atoms with E-state index in [1.165, 1.54) is 0 Å². The Balaban J connectivity index is 2.19. The smallest absolute Gasteiger partial charge is 0.254 e. The van der Waals surface area contributed by atoms with Crippen LogP contribution in [-0.2, 0) is 0 Å². The third kappa shape index (κ3) is 3.42. The summed E-state index contributed by atoms with van der Waals surface area (Å²) in [7, 11) is 3.17. The molecule has 1 atom stereocenters. The van der Waals surface area contributed by atoms with Crippen LogP contribution >= 0.6 is 0 Å². The first-order valence-corrected chi connectivity index (χ1v) is 6.89. The van der Waals surface area contributed by atoms with Crippen LogP contribution in [0.4, 0.5) is 0 Å². The Morgan fingerprint density at radius 3 is 2.45 bits per heavy atom. The van der Waals surface area contributed by atoms with Crippen LogP contribution < -0.4 is 14.8 Å². The molecule has 1 unspecified atom stereocenters. The maximum atomic E-state index is 12.6. The largest absolute Gasteiger partial charge is 0.497 e. The summed E-state index contributed by atoms with van der Waals surface area (Å²) in [6.45, 7) is 4.46. The topological polar surface area (TPSA) is 50.8 Å². The van der Waals surface area contributed by atoms with Crippen LogP contribution in [0.25, 0.3) is 0 Å². The van der Waals surface area contributed by atoms with Gasteiger partial charge in [-0.15, -0.1) is 0 Å². The molecule has 5 nitrogen and oxygen atoms in total. The molecule has 2 rings (SSSR count). The van der Waals surface area contributed by atoms with E-state index in [4.69, 9.17) is 9.47 Å². The van der Waals surface area contributed by atoms with Crippen LogP contribution in [0.15, 0.2) is 18.2 Å². The number of ether oxygens (including phenoxy) is 2. The Morgan fingerprint density at radius 1 is 1.20 bits per heavy atom. The van der Waals surface area contributed by atoms with Gasteiger partial charge in [0.25, 0.3) is 5.91 Å². The fourth-order valence-electron chi connectivity index (χ4n) is 2.33. The molecule has 1 amide bonds. The summed E-state index contributed by atoms with van der Waals surface area (Å²) >= 11 is 0. The van der Waals surface area contributed by atoms with Gasteiger partial charge in [0.1, 0.15) is 11.5 Å². The van der Waals surface area contributed by atoms with Gasteiger partial charge in [-0.25, -0.2) is 0 Å². The standard InChI is InChI=1S/C15H22N2O3/c1-11-4-6-17(7-5-16-11)15(18)12-8-13(19-2)10-14(9-12)20-3/h8-11,16H,4-7H2,1-3H3. The number of methoxy groups -OCH3 is 2. The van der Waals surface area contributed by atoms with Gasteiger partial charge >= 0.3 is 0 Å². The summed E-state index contributed by atoms with van der Waals surface area (Å²) in [5.74, 6) is 1.29. The van der Waals surface area contributed by atoms with Crippen LogP contribution in [0.2, 0.25) is 0 Å². The van der Waals surface area contributed by atoms with E-state index in [2.05, 4.69) is 12.2 Å². The maximum Gasteiger partial charge on any atom is 0.254 e. The molecule has 20 heavy (non-hydrogen) atoms. The normalized spacial score (nSPS) is 19.4. The third-order valence-electron chi connectivity index (χ3n) is 3.59.